The zero-order valence-corrected chi connectivity index (χ0v) is 34.5. The molecule has 0 spiro atoms. The molecule has 0 fully saturated rings. The van der Waals surface area contributed by atoms with Crippen molar-refractivity contribution >= 4 is 89.7 Å². The topological polar surface area (TPSA) is 71.0 Å². The Kier molecular flexibility index (Phi) is 16.6. The molecule has 6 nitrogen and oxygen atoms in total. The number of aliphatic imine (C=N–C) groups is 1. The number of unbranched alkanes of at least 4 members (excludes halogenated alkanes) is 9. The van der Waals surface area contributed by atoms with Crippen LogP contribution in [0, 0.1) is 27.7 Å². The van der Waals surface area contributed by atoms with E-state index in [-0.39, 0.29) is 27.0 Å². The maximum absolute atomic E-state index is 14.2. The van der Waals surface area contributed by atoms with Gasteiger partial charge in [0.2, 0.25) is 0 Å². The molecule has 0 saturated carbocycles. The van der Waals surface area contributed by atoms with Crippen LogP contribution in [0.2, 0.25) is 10.0 Å². The van der Waals surface area contributed by atoms with E-state index in [2.05, 4.69) is 44.1 Å². The van der Waals surface area contributed by atoms with Crippen LogP contribution in [0.5, 0.6) is 0 Å². The van der Waals surface area contributed by atoms with E-state index in [1.54, 1.807) is 0 Å². The van der Waals surface area contributed by atoms with Crippen molar-refractivity contribution in [2.75, 3.05) is 30.9 Å². The van der Waals surface area contributed by atoms with E-state index in [4.69, 9.17) is 32.9 Å². The Morgan fingerprint density at radius 1 is 0.796 bits per heavy atom. The van der Waals surface area contributed by atoms with Crippen molar-refractivity contribution < 1.29 is 14.3 Å². The Morgan fingerprint density at radius 2 is 1.37 bits per heavy atom. The van der Waals surface area contributed by atoms with Crippen molar-refractivity contribution in [3.05, 3.63) is 82.7 Å². The molecule has 10 heteroatoms. The van der Waals surface area contributed by atoms with Crippen LogP contribution < -0.4 is 10.2 Å². The monoisotopic (exact) mass is 835 g/mol. The second kappa shape index (κ2) is 19.9. The number of carbonyl (C=O) groups excluding carboxylic acids is 2. The van der Waals surface area contributed by atoms with Gasteiger partial charge >= 0.3 is 5.97 Å². The lowest BCUT2D eigenvalue weighted by Crippen LogP contribution is -2.26. The zero-order chi connectivity index (χ0) is 36.2. The number of aryl methyl sites for hydroxylation is 1. The molecule has 3 aromatic carbocycles. The third kappa shape index (κ3) is 11.3. The molecule has 0 unspecified atom stereocenters. The molecule has 0 saturated heterocycles. The highest BCUT2D eigenvalue weighted by molar-refractivity contribution is 9.11. The van der Waals surface area contributed by atoms with Crippen molar-refractivity contribution in [3.8, 4) is 0 Å². The summed E-state index contributed by atoms with van der Waals surface area (Å²) in [6.45, 7) is 10.4. The fourth-order valence-corrected chi connectivity index (χ4v) is 7.28. The van der Waals surface area contributed by atoms with E-state index in [9.17, 15) is 9.59 Å². The number of nitrogens with one attached hydrogen (secondary N) is 1. The van der Waals surface area contributed by atoms with Gasteiger partial charge < -0.3 is 15.0 Å². The van der Waals surface area contributed by atoms with Crippen LogP contribution >= 0.6 is 55.1 Å². The largest absolute Gasteiger partial charge is 0.462 e. The standard InChI is InChI=1S/C39H49Br2Cl2N3O3/c1-8-9-10-11-12-13-14-15-16-17-20-49-39(48)29-22-33(31(43)23-30(29)42)45-38(47)37(34-25(3)35(40)27(5)36(41)26(34)4)44-32-19-18-28(46(6)7)21-24(32)2/h18-19,21-23H,8-17,20H2,1-7H3,(H,45,47). The molecule has 3 aromatic rings. The quantitative estimate of drug-likeness (QED) is 0.0835. The van der Waals surface area contributed by atoms with Gasteiger partial charge in [-0.25, -0.2) is 9.79 Å². The Bertz CT molecular complexity index is 1640. The zero-order valence-electron chi connectivity index (χ0n) is 29.8. The maximum Gasteiger partial charge on any atom is 0.339 e. The first-order chi connectivity index (χ1) is 23.3. The molecule has 0 aliphatic rings. The average Bonchev–Trinajstić information content (AvgIpc) is 3.06. The summed E-state index contributed by atoms with van der Waals surface area (Å²) in [7, 11) is 3.95. The van der Waals surface area contributed by atoms with E-state index in [0.29, 0.717) is 17.9 Å². The van der Waals surface area contributed by atoms with Gasteiger partial charge in [-0.3, -0.25) is 4.79 Å². The SMILES string of the molecule is CCCCCCCCCCCCOC(=O)c1cc(NC(=O)C(=Nc2ccc(N(C)C)cc2C)c2c(C)c(Br)c(C)c(Br)c2C)c(Cl)cc1Cl. The van der Waals surface area contributed by atoms with Gasteiger partial charge in [0.25, 0.3) is 5.91 Å². The molecule has 0 atom stereocenters. The highest BCUT2D eigenvalue weighted by Crippen LogP contribution is 2.37. The number of halogens is 4. The summed E-state index contributed by atoms with van der Waals surface area (Å²) in [5.41, 5.74) is 6.59. The molecule has 0 radical (unpaired) electrons. The Hall–Kier alpha value is -2.39. The number of nitrogens with zero attached hydrogens (tertiary/aromatic N) is 2. The van der Waals surface area contributed by atoms with E-state index in [0.717, 1.165) is 56.1 Å². The van der Waals surface area contributed by atoms with E-state index >= 15 is 0 Å². The highest BCUT2D eigenvalue weighted by Gasteiger charge is 2.25. The molecular formula is C39H49Br2Cl2N3O3. The van der Waals surface area contributed by atoms with Crippen LogP contribution in [0.4, 0.5) is 17.1 Å². The molecule has 49 heavy (non-hydrogen) atoms. The normalized spacial score (nSPS) is 11.5. The predicted molar refractivity (Wildman–Crippen MR) is 215 cm³/mol. The van der Waals surface area contributed by atoms with Crippen molar-refractivity contribution in [1.82, 2.24) is 0 Å². The number of esters is 1. The summed E-state index contributed by atoms with van der Waals surface area (Å²) in [5, 5.41) is 3.26. The number of ether oxygens (including phenoxy) is 1. The second-order valence-corrected chi connectivity index (χ2v) is 15.2. The molecule has 1 N–H and O–H groups in total. The van der Waals surface area contributed by atoms with Gasteiger partial charge in [-0.2, -0.15) is 0 Å². The number of rotatable bonds is 17. The lowest BCUT2D eigenvalue weighted by Gasteiger charge is -2.19. The molecule has 0 heterocycles. The number of hydrogen-bond acceptors (Lipinski definition) is 5. The van der Waals surface area contributed by atoms with Crippen molar-refractivity contribution in [2.45, 2.75) is 98.8 Å². The second-order valence-electron chi connectivity index (χ2n) is 12.8. The molecule has 1 amide bonds. The maximum atomic E-state index is 14.2. The number of benzene rings is 3. The van der Waals surface area contributed by atoms with Crippen LogP contribution in [0.1, 0.15) is 109 Å². The van der Waals surface area contributed by atoms with Crippen LogP contribution in [-0.2, 0) is 9.53 Å². The molecule has 266 valence electrons. The summed E-state index contributed by atoms with van der Waals surface area (Å²) < 4.78 is 7.31. The Morgan fingerprint density at radius 3 is 1.92 bits per heavy atom. The summed E-state index contributed by atoms with van der Waals surface area (Å²) >= 11 is 20.5. The molecule has 0 aromatic heterocycles. The number of amides is 1. The third-order valence-electron chi connectivity index (χ3n) is 8.70. The van der Waals surface area contributed by atoms with Crippen LogP contribution in [-0.4, -0.2) is 38.3 Å². The predicted octanol–water partition coefficient (Wildman–Crippen LogP) is 12.7. The van der Waals surface area contributed by atoms with Crippen LogP contribution in [0.25, 0.3) is 0 Å². The van der Waals surface area contributed by atoms with E-state index in [1.807, 2.05) is 64.9 Å². The van der Waals surface area contributed by atoms with Gasteiger partial charge in [0.1, 0.15) is 5.71 Å². The van der Waals surface area contributed by atoms with Crippen LogP contribution in [0.15, 0.2) is 44.3 Å². The van der Waals surface area contributed by atoms with Crippen molar-refractivity contribution in [2.24, 2.45) is 4.99 Å². The van der Waals surface area contributed by atoms with Gasteiger partial charge in [-0.15, -0.1) is 0 Å². The molecule has 0 aliphatic heterocycles. The van der Waals surface area contributed by atoms with Gasteiger partial charge in [-0.1, -0.05) is 120 Å². The minimum atomic E-state index is -0.559. The van der Waals surface area contributed by atoms with Gasteiger partial charge in [0.15, 0.2) is 0 Å². The lowest BCUT2D eigenvalue weighted by atomic mass is 9.95. The van der Waals surface area contributed by atoms with E-state index in [1.165, 1.54) is 57.1 Å². The fourth-order valence-electron chi connectivity index (χ4n) is 5.71. The average molecular weight is 839 g/mol. The first-order valence-electron chi connectivity index (χ1n) is 17.1. The Labute approximate surface area is 319 Å². The smallest absolute Gasteiger partial charge is 0.339 e. The van der Waals surface area contributed by atoms with Gasteiger partial charge in [0, 0.05) is 34.3 Å². The molecule has 3 rings (SSSR count). The Balaban J connectivity index is 1.83. The third-order valence-corrected chi connectivity index (χ3v) is 11.7. The first-order valence-corrected chi connectivity index (χ1v) is 19.4. The van der Waals surface area contributed by atoms with Gasteiger partial charge in [0.05, 0.1) is 33.6 Å². The van der Waals surface area contributed by atoms with Crippen molar-refractivity contribution in [1.29, 1.82) is 0 Å². The summed E-state index contributed by atoms with van der Waals surface area (Å²) in [4.78, 5) is 34.3. The molecule has 0 aliphatic carbocycles. The molecular weight excluding hydrogens is 789 g/mol. The number of anilines is 2. The minimum absolute atomic E-state index is 0.134. The highest BCUT2D eigenvalue weighted by atomic mass is 79.9. The summed E-state index contributed by atoms with van der Waals surface area (Å²) in [5.74, 6) is -1.05. The van der Waals surface area contributed by atoms with E-state index < -0.39 is 11.9 Å². The fraction of sp³-hybridized carbons (Fsp3) is 0.462. The molecule has 0 bridgehead atoms. The van der Waals surface area contributed by atoms with Crippen molar-refractivity contribution in [3.63, 3.8) is 0 Å². The van der Waals surface area contributed by atoms with Gasteiger partial charge in [-0.05, 0) is 86.7 Å². The summed E-state index contributed by atoms with van der Waals surface area (Å²) in [6, 6.07) is 8.81. The lowest BCUT2D eigenvalue weighted by molar-refractivity contribution is -0.110. The number of hydrogen-bond donors (Lipinski definition) is 1. The first kappa shape index (κ1) is 41.0. The minimum Gasteiger partial charge on any atom is -0.462 e. The van der Waals surface area contributed by atoms with Crippen LogP contribution in [0.3, 0.4) is 0 Å². The summed E-state index contributed by atoms with van der Waals surface area (Å²) in [6.07, 6.45) is 11.9. The number of carbonyl (C=O) groups is 2.